The van der Waals surface area contributed by atoms with Crippen LogP contribution in [0.15, 0.2) is 41.8 Å². The van der Waals surface area contributed by atoms with Crippen molar-refractivity contribution < 1.29 is 0 Å². The van der Waals surface area contributed by atoms with Gasteiger partial charge in [0.1, 0.15) is 0 Å². The van der Waals surface area contributed by atoms with Crippen LogP contribution in [0.1, 0.15) is 29.8 Å². The van der Waals surface area contributed by atoms with Crippen molar-refractivity contribution in [1.29, 1.82) is 0 Å². The number of nitrogens with one attached hydrogen (secondary N) is 1. The third-order valence-electron chi connectivity index (χ3n) is 3.75. The summed E-state index contributed by atoms with van der Waals surface area (Å²) in [6.07, 6.45) is 2.21. The number of hydrogen-bond acceptors (Lipinski definition) is 3. The maximum atomic E-state index is 3.41. The van der Waals surface area contributed by atoms with Gasteiger partial charge in [0.2, 0.25) is 0 Å². The summed E-state index contributed by atoms with van der Waals surface area (Å²) in [6.45, 7) is 3.28. The van der Waals surface area contributed by atoms with Gasteiger partial charge < -0.3 is 10.2 Å². The Morgan fingerprint density at radius 1 is 1.20 bits per heavy atom. The van der Waals surface area contributed by atoms with E-state index in [0.29, 0.717) is 6.04 Å². The average Bonchev–Trinajstić information content (AvgIpc) is 3.00. The molecule has 2 aromatic rings. The Hall–Kier alpha value is -1.32. The summed E-state index contributed by atoms with van der Waals surface area (Å²) >= 11 is 1.84. The van der Waals surface area contributed by atoms with Crippen LogP contribution >= 0.6 is 11.3 Å². The van der Waals surface area contributed by atoms with Crippen molar-refractivity contribution >= 4 is 17.0 Å². The van der Waals surface area contributed by atoms with Crippen molar-refractivity contribution in [3.63, 3.8) is 0 Å². The molecule has 2 rings (SSSR count). The van der Waals surface area contributed by atoms with Crippen molar-refractivity contribution in [3.8, 4) is 0 Å². The zero-order valence-corrected chi connectivity index (χ0v) is 13.4. The van der Waals surface area contributed by atoms with E-state index in [4.69, 9.17) is 0 Å². The number of para-hydroxylation sites is 1. The van der Waals surface area contributed by atoms with Crippen LogP contribution in [0.5, 0.6) is 0 Å². The molecule has 0 saturated carbocycles. The van der Waals surface area contributed by atoms with Crippen molar-refractivity contribution in [2.45, 2.75) is 25.8 Å². The first-order valence-corrected chi connectivity index (χ1v) is 8.14. The first-order chi connectivity index (χ1) is 9.76. The third kappa shape index (κ3) is 3.62. The fourth-order valence-corrected chi connectivity index (χ4v) is 3.26. The molecule has 3 heteroatoms. The highest BCUT2D eigenvalue weighted by Gasteiger charge is 2.13. The first-order valence-electron chi connectivity index (χ1n) is 7.26. The molecule has 1 heterocycles. The number of anilines is 1. The van der Waals surface area contributed by atoms with Gasteiger partial charge in [-0.05, 0) is 43.0 Å². The normalized spacial score (nSPS) is 12.3. The van der Waals surface area contributed by atoms with Gasteiger partial charge in [0.25, 0.3) is 0 Å². The predicted molar refractivity (Wildman–Crippen MR) is 89.8 cm³/mol. The first kappa shape index (κ1) is 15.1. The predicted octanol–water partition coefficient (Wildman–Crippen LogP) is 4.10. The Bertz CT molecular complexity index is 503. The largest absolute Gasteiger partial charge is 0.374 e. The third-order valence-corrected chi connectivity index (χ3v) is 4.69. The van der Waals surface area contributed by atoms with Crippen LogP contribution in [0.2, 0.25) is 0 Å². The Morgan fingerprint density at radius 3 is 2.65 bits per heavy atom. The minimum absolute atomic E-state index is 0.426. The molecule has 2 nitrogen and oxygen atoms in total. The maximum Gasteiger partial charge on any atom is 0.0412 e. The topological polar surface area (TPSA) is 15.3 Å². The van der Waals surface area contributed by atoms with Crippen molar-refractivity contribution in [1.82, 2.24) is 5.32 Å². The molecule has 0 aliphatic carbocycles. The summed E-state index contributed by atoms with van der Waals surface area (Å²) in [5.41, 5.74) is 2.73. The molecular weight excluding hydrogens is 264 g/mol. The van der Waals surface area contributed by atoms with E-state index < -0.39 is 0 Å². The van der Waals surface area contributed by atoms with E-state index in [0.717, 1.165) is 19.4 Å². The number of nitrogens with zero attached hydrogens (tertiary/aromatic N) is 1. The Morgan fingerprint density at radius 2 is 2.00 bits per heavy atom. The van der Waals surface area contributed by atoms with E-state index in [9.17, 15) is 0 Å². The van der Waals surface area contributed by atoms with Crippen LogP contribution in [0.3, 0.4) is 0 Å². The molecule has 0 amide bonds. The van der Waals surface area contributed by atoms with Gasteiger partial charge in [-0.2, -0.15) is 0 Å². The molecule has 1 N–H and O–H groups in total. The van der Waals surface area contributed by atoms with Gasteiger partial charge in [0.05, 0.1) is 0 Å². The molecule has 20 heavy (non-hydrogen) atoms. The fourth-order valence-electron chi connectivity index (χ4n) is 2.56. The smallest absolute Gasteiger partial charge is 0.0412 e. The van der Waals surface area contributed by atoms with Gasteiger partial charge in [-0.15, -0.1) is 11.3 Å². The average molecular weight is 288 g/mol. The number of hydrogen-bond donors (Lipinski definition) is 1. The van der Waals surface area contributed by atoms with E-state index in [1.807, 2.05) is 18.4 Å². The number of rotatable bonds is 7. The Labute approximate surface area is 126 Å². The van der Waals surface area contributed by atoms with E-state index in [-0.39, 0.29) is 0 Å². The minimum Gasteiger partial charge on any atom is -0.374 e. The summed E-state index contributed by atoms with van der Waals surface area (Å²) in [6, 6.07) is 13.5. The van der Waals surface area contributed by atoms with Gasteiger partial charge in [-0.3, -0.25) is 0 Å². The molecule has 0 radical (unpaired) electrons. The molecule has 108 valence electrons. The van der Waals surface area contributed by atoms with E-state index in [1.165, 1.54) is 16.1 Å². The lowest BCUT2D eigenvalue weighted by atomic mass is 10.0. The second-order valence-corrected chi connectivity index (χ2v) is 6.09. The van der Waals surface area contributed by atoms with E-state index in [1.54, 1.807) is 0 Å². The van der Waals surface area contributed by atoms with Crippen LogP contribution in [0.25, 0.3) is 0 Å². The van der Waals surface area contributed by atoms with Crippen LogP contribution in [-0.2, 0) is 6.42 Å². The van der Waals surface area contributed by atoms with Crippen LogP contribution in [-0.4, -0.2) is 20.6 Å². The van der Waals surface area contributed by atoms with Gasteiger partial charge >= 0.3 is 0 Å². The SMILES string of the molecule is CCC(NC)c1ccccc1N(C)CCc1cccs1. The van der Waals surface area contributed by atoms with Crippen molar-refractivity contribution in [2.75, 3.05) is 25.5 Å². The number of benzene rings is 1. The monoisotopic (exact) mass is 288 g/mol. The zero-order chi connectivity index (χ0) is 14.4. The van der Waals surface area contributed by atoms with Crippen molar-refractivity contribution in [2.24, 2.45) is 0 Å². The molecule has 0 aliphatic rings. The highest BCUT2D eigenvalue weighted by molar-refractivity contribution is 7.09. The molecule has 1 atom stereocenters. The highest BCUT2D eigenvalue weighted by Crippen LogP contribution is 2.27. The molecular formula is C17H24N2S. The second kappa shape index (κ2) is 7.46. The number of thiophene rings is 1. The van der Waals surface area contributed by atoms with Gasteiger partial charge in [-0.25, -0.2) is 0 Å². The fraction of sp³-hybridized carbons (Fsp3) is 0.412. The standard InChI is InChI=1S/C17H24N2S/c1-4-16(18-2)15-9-5-6-10-17(15)19(3)12-11-14-8-7-13-20-14/h5-10,13,16,18H,4,11-12H2,1-3H3. The molecule has 1 unspecified atom stereocenters. The summed E-state index contributed by atoms with van der Waals surface area (Å²) in [5.74, 6) is 0. The van der Waals surface area contributed by atoms with Gasteiger partial charge in [-0.1, -0.05) is 31.2 Å². The van der Waals surface area contributed by atoms with Crippen LogP contribution in [0, 0.1) is 0 Å². The van der Waals surface area contributed by atoms with Crippen molar-refractivity contribution in [3.05, 3.63) is 52.2 Å². The van der Waals surface area contributed by atoms with Crippen LogP contribution in [0.4, 0.5) is 5.69 Å². The van der Waals surface area contributed by atoms with E-state index >= 15 is 0 Å². The molecule has 1 aromatic heterocycles. The summed E-state index contributed by atoms with van der Waals surface area (Å²) in [7, 11) is 4.23. The van der Waals surface area contributed by atoms with Crippen LogP contribution < -0.4 is 10.2 Å². The highest BCUT2D eigenvalue weighted by atomic mass is 32.1. The molecule has 0 fully saturated rings. The lowest BCUT2D eigenvalue weighted by molar-refractivity contribution is 0.576. The molecule has 0 saturated heterocycles. The Balaban J connectivity index is 2.10. The maximum absolute atomic E-state index is 3.41. The summed E-state index contributed by atoms with van der Waals surface area (Å²) < 4.78 is 0. The molecule has 0 aliphatic heterocycles. The second-order valence-electron chi connectivity index (χ2n) is 5.06. The molecule has 0 spiro atoms. The molecule has 1 aromatic carbocycles. The Kier molecular flexibility index (Phi) is 5.62. The summed E-state index contributed by atoms with van der Waals surface area (Å²) in [4.78, 5) is 3.82. The van der Waals surface area contributed by atoms with Gasteiger partial charge in [0, 0.05) is 30.2 Å². The molecule has 0 bridgehead atoms. The quantitative estimate of drug-likeness (QED) is 0.825. The minimum atomic E-state index is 0.426. The zero-order valence-electron chi connectivity index (χ0n) is 12.6. The lowest BCUT2D eigenvalue weighted by Crippen LogP contribution is -2.24. The van der Waals surface area contributed by atoms with E-state index in [2.05, 4.69) is 66.0 Å². The van der Waals surface area contributed by atoms with Gasteiger partial charge in [0.15, 0.2) is 0 Å². The lowest BCUT2D eigenvalue weighted by Gasteiger charge is -2.26. The summed E-state index contributed by atoms with van der Waals surface area (Å²) in [5, 5.41) is 5.56. The number of likely N-dealkylation sites (N-methyl/N-ethyl adjacent to an activating group) is 1.